The van der Waals surface area contributed by atoms with Crippen molar-refractivity contribution in [2.45, 2.75) is 51.5 Å². The summed E-state index contributed by atoms with van der Waals surface area (Å²) in [7, 11) is 0. The second-order valence-electron chi connectivity index (χ2n) is 5.46. The number of aryl methyl sites for hydroxylation is 1. The van der Waals surface area contributed by atoms with Gasteiger partial charge in [-0.2, -0.15) is 0 Å². The SMILES string of the molecule is CC(C)(C)c1cn2c(n1)[C@@H](C(=O)O)CCC2. The summed E-state index contributed by atoms with van der Waals surface area (Å²) in [5.41, 5.74) is 0.962. The Bertz CT molecular complexity index is 415. The number of hydrogen-bond donors (Lipinski definition) is 1. The molecule has 0 aliphatic carbocycles. The summed E-state index contributed by atoms with van der Waals surface area (Å²) in [4.78, 5) is 15.6. The Hall–Kier alpha value is -1.32. The zero-order chi connectivity index (χ0) is 11.9. The zero-order valence-electron chi connectivity index (χ0n) is 10.0. The molecule has 0 fully saturated rings. The number of fused-ring (bicyclic) bond motifs is 1. The highest BCUT2D eigenvalue weighted by Crippen LogP contribution is 2.30. The van der Waals surface area contributed by atoms with Crippen LogP contribution in [0.15, 0.2) is 6.20 Å². The van der Waals surface area contributed by atoms with Gasteiger partial charge in [-0.15, -0.1) is 0 Å². The first kappa shape index (κ1) is 11.2. The number of aliphatic carboxylic acids is 1. The van der Waals surface area contributed by atoms with Crippen molar-refractivity contribution in [1.29, 1.82) is 0 Å². The topological polar surface area (TPSA) is 55.1 Å². The van der Waals surface area contributed by atoms with E-state index in [1.165, 1.54) is 0 Å². The maximum Gasteiger partial charge on any atom is 0.314 e. The second kappa shape index (κ2) is 3.61. The van der Waals surface area contributed by atoms with Gasteiger partial charge < -0.3 is 9.67 Å². The molecule has 0 aromatic carbocycles. The smallest absolute Gasteiger partial charge is 0.314 e. The Morgan fingerprint density at radius 2 is 2.25 bits per heavy atom. The first-order valence-electron chi connectivity index (χ1n) is 5.70. The lowest BCUT2D eigenvalue weighted by atomic mass is 9.93. The molecule has 1 aliphatic heterocycles. The van der Waals surface area contributed by atoms with Crippen molar-refractivity contribution in [2.75, 3.05) is 0 Å². The summed E-state index contributed by atoms with van der Waals surface area (Å²) in [5.74, 6) is -0.458. The molecule has 0 spiro atoms. The van der Waals surface area contributed by atoms with Gasteiger partial charge in [-0.25, -0.2) is 4.98 Å². The standard InChI is InChI=1S/C12H18N2O2/c1-12(2,3)9-7-14-6-4-5-8(11(15)16)10(14)13-9/h7-8H,4-6H2,1-3H3,(H,15,16)/t8-/m0/s1. The summed E-state index contributed by atoms with van der Waals surface area (Å²) >= 11 is 0. The van der Waals surface area contributed by atoms with E-state index in [0.29, 0.717) is 6.42 Å². The lowest BCUT2D eigenvalue weighted by molar-refractivity contribution is -0.139. The number of imidazole rings is 1. The third-order valence-electron chi connectivity index (χ3n) is 3.08. The summed E-state index contributed by atoms with van der Waals surface area (Å²) in [5, 5.41) is 9.14. The normalized spacial score (nSPS) is 20.6. The fourth-order valence-corrected chi connectivity index (χ4v) is 2.08. The van der Waals surface area contributed by atoms with Gasteiger partial charge in [-0.3, -0.25) is 4.79 Å². The highest BCUT2D eigenvalue weighted by atomic mass is 16.4. The fourth-order valence-electron chi connectivity index (χ4n) is 2.08. The average molecular weight is 222 g/mol. The van der Waals surface area contributed by atoms with Gasteiger partial charge in [0.25, 0.3) is 0 Å². The Kier molecular flexibility index (Phi) is 2.52. The molecule has 0 bridgehead atoms. The third-order valence-corrected chi connectivity index (χ3v) is 3.08. The van der Waals surface area contributed by atoms with E-state index < -0.39 is 11.9 Å². The van der Waals surface area contributed by atoms with Crippen molar-refractivity contribution in [3.05, 3.63) is 17.7 Å². The van der Waals surface area contributed by atoms with E-state index in [1.54, 1.807) is 0 Å². The number of nitrogens with zero attached hydrogens (tertiary/aromatic N) is 2. The summed E-state index contributed by atoms with van der Waals surface area (Å²) < 4.78 is 2.00. The Labute approximate surface area is 95.3 Å². The van der Waals surface area contributed by atoms with Crippen molar-refractivity contribution in [3.8, 4) is 0 Å². The molecular weight excluding hydrogens is 204 g/mol. The molecule has 1 atom stereocenters. The summed E-state index contributed by atoms with van der Waals surface area (Å²) in [6.45, 7) is 7.17. The van der Waals surface area contributed by atoms with E-state index >= 15 is 0 Å². The van der Waals surface area contributed by atoms with Crippen LogP contribution in [0.2, 0.25) is 0 Å². The van der Waals surface area contributed by atoms with Gasteiger partial charge in [0.1, 0.15) is 11.7 Å². The van der Waals surface area contributed by atoms with Gasteiger partial charge >= 0.3 is 5.97 Å². The lowest BCUT2D eigenvalue weighted by Crippen LogP contribution is -2.22. The molecule has 1 N–H and O–H groups in total. The van der Waals surface area contributed by atoms with Gasteiger partial charge in [-0.1, -0.05) is 20.8 Å². The molecule has 0 saturated carbocycles. The van der Waals surface area contributed by atoms with Crippen LogP contribution in [-0.4, -0.2) is 20.6 Å². The molecule has 0 saturated heterocycles. The molecular formula is C12H18N2O2. The van der Waals surface area contributed by atoms with Crippen molar-refractivity contribution < 1.29 is 9.90 Å². The minimum Gasteiger partial charge on any atom is -0.481 e. The minimum absolute atomic E-state index is 0.0204. The monoisotopic (exact) mass is 222 g/mol. The quantitative estimate of drug-likeness (QED) is 0.792. The maximum atomic E-state index is 11.1. The minimum atomic E-state index is -0.757. The van der Waals surface area contributed by atoms with Crippen molar-refractivity contribution >= 4 is 5.97 Å². The van der Waals surface area contributed by atoms with Crippen molar-refractivity contribution in [1.82, 2.24) is 9.55 Å². The van der Waals surface area contributed by atoms with Crippen LogP contribution >= 0.6 is 0 Å². The van der Waals surface area contributed by atoms with Crippen LogP contribution < -0.4 is 0 Å². The molecule has 0 radical (unpaired) electrons. The predicted molar refractivity (Wildman–Crippen MR) is 60.5 cm³/mol. The molecule has 0 amide bonds. The number of carboxylic acid groups (broad SMARTS) is 1. The zero-order valence-corrected chi connectivity index (χ0v) is 10.0. The number of carbonyl (C=O) groups is 1. The van der Waals surface area contributed by atoms with Crippen LogP contribution in [-0.2, 0) is 16.8 Å². The third kappa shape index (κ3) is 1.84. The molecule has 0 unspecified atom stereocenters. The van der Waals surface area contributed by atoms with Gasteiger partial charge in [0.05, 0.1) is 5.69 Å². The van der Waals surface area contributed by atoms with Gasteiger partial charge in [0.2, 0.25) is 0 Å². The van der Waals surface area contributed by atoms with E-state index in [1.807, 2.05) is 10.8 Å². The lowest BCUT2D eigenvalue weighted by Gasteiger charge is -2.19. The van der Waals surface area contributed by atoms with Gasteiger partial charge in [0, 0.05) is 18.2 Å². The maximum absolute atomic E-state index is 11.1. The number of carboxylic acids is 1. The van der Waals surface area contributed by atoms with Crippen LogP contribution in [0.5, 0.6) is 0 Å². The molecule has 1 aliphatic rings. The van der Waals surface area contributed by atoms with E-state index in [9.17, 15) is 4.79 Å². The van der Waals surface area contributed by atoms with Gasteiger partial charge in [0.15, 0.2) is 0 Å². The molecule has 2 rings (SSSR count). The Morgan fingerprint density at radius 1 is 1.56 bits per heavy atom. The van der Waals surface area contributed by atoms with E-state index in [0.717, 1.165) is 24.5 Å². The Balaban J connectivity index is 2.42. The number of aromatic nitrogens is 2. The van der Waals surface area contributed by atoms with Crippen molar-refractivity contribution in [3.63, 3.8) is 0 Å². The average Bonchev–Trinajstić information content (AvgIpc) is 2.59. The van der Waals surface area contributed by atoms with E-state index in [-0.39, 0.29) is 5.41 Å². The van der Waals surface area contributed by atoms with E-state index in [2.05, 4.69) is 25.8 Å². The number of hydrogen-bond acceptors (Lipinski definition) is 2. The molecule has 4 heteroatoms. The fraction of sp³-hybridized carbons (Fsp3) is 0.667. The van der Waals surface area contributed by atoms with Gasteiger partial charge in [-0.05, 0) is 12.8 Å². The highest BCUT2D eigenvalue weighted by Gasteiger charge is 2.30. The summed E-state index contributed by atoms with van der Waals surface area (Å²) in [6, 6.07) is 0. The molecule has 88 valence electrons. The van der Waals surface area contributed by atoms with Crippen LogP contribution in [0.4, 0.5) is 0 Å². The molecule has 1 aromatic rings. The van der Waals surface area contributed by atoms with Crippen LogP contribution in [0.25, 0.3) is 0 Å². The molecule has 4 nitrogen and oxygen atoms in total. The highest BCUT2D eigenvalue weighted by molar-refractivity contribution is 5.75. The largest absolute Gasteiger partial charge is 0.481 e. The number of rotatable bonds is 1. The first-order chi connectivity index (χ1) is 7.39. The Morgan fingerprint density at radius 3 is 2.81 bits per heavy atom. The predicted octanol–water partition coefficient (Wildman–Crippen LogP) is 2.14. The molecule has 2 heterocycles. The summed E-state index contributed by atoms with van der Waals surface area (Å²) in [6.07, 6.45) is 3.63. The van der Waals surface area contributed by atoms with Crippen molar-refractivity contribution in [2.24, 2.45) is 0 Å². The molecule has 1 aromatic heterocycles. The molecule has 16 heavy (non-hydrogen) atoms. The van der Waals surface area contributed by atoms with E-state index in [4.69, 9.17) is 5.11 Å². The van der Waals surface area contributed by atoms with Crippen LogP contribution in [0.1, 0.15) is 51.0 Å². The second-order valence-corrected chi connectivity index (χ2v) is 5.46. The van der Waals surface area contributed by atoms with Crippen LogP contribution in [0, 0.1) is 0 Å². The van der Waals surface area contributed by atoms with Crippen LogP contribution in [0.3, 0.4) is 0 Å². The first-order valence-corrected chi connectivity index (χ1v) is 5.70.